The summed E-state index contributed by atoms with van der Waals surface area (Å²) in [5.41, 5.74) is 6.13. The lowest BCUT2D eigenvalue weighted by Crippen LogP contribution is -2.49. The molecule has 136 valence electrons. The number of rotatable bonds is 6. The van der Waals surface area contributed by atoms with Crippen LogP contribution in [-0.4, -0.2) is 70.8 Å². The number of nitrogen functional groups attached to an aromatic ring is 1. The van der Waals surface area contributed by atoms with Crippen molar-refractivity contribution in [1.29, 1.82) is 0 Å². The minimum absolute atomic E-state index is 0.0176. The van der Waals surface area contributed by atoms with Gasteiger partial charge < -0.3 is 10.6 Å². The highest BCUT2D eigenvalue weighted by Gasteiger charge is 2.31. The van der Waals surface area contributed by atoms with Crippen molar-refractivity contribution in [3.05, 3.63) is 24.3 Å². The number of hydrogen-bond acceptors (Lipinski definition) is 6. The van der Waals surface area contributed by atoms with Gasteiger partial charge in [0.1, 0.15) is 9.84 Å². The first-order valence-electron chi connectivity index (χ1n) is 7.83. The van der Waals surface area contributed by atoms with Gasteiger partial charge in [-0.2, -0.15) is 4.31 Å². The van der Waals surface area contributed by atoms with Crippen molar-refractivity contribution in [2.75, 3.05) is 44.4 Å². The van der Waals surface area contributed by atoms with E-state index in [0.29, 0.717) is 25.3 Å². The molecule has 1 aliphatic heterocycles. The molecule has 2 N–H and O–H groups in total. The number of nitrogens with zero attached hydrogens (tertiary/aromatic N) is 2. The van der Waals surface area contributed by atoms with Gasteiger partial charge in [0.2, 0.25) is 10.0 Å². The fourth-order valence-electron chi connectivity index (χ4n) is 2.78. The van der Waals surface area contributed by atoms with Gasteiger partial charge in [-0.05, 0) is 44.2 Å². The van der Waals surface area contributed by atoms with Crippen LogP contribution in [0, 0.1) is 0 Å². The summed E-state index contributed by atoms with van der Waals surface area (Å²) < 4.78 is 49.6. The van der Waals surface area contributed by atoms with Crippen LogP contribution in [0.5, 0.6) is 0 Å². The first-order chi connectivity index (χ1) is 11.1. The average molecular weight is 376 g/mol. The summed E-state index contributed by atoms with van der Waals surface area (Å²) >= 11 is 0. The predicted molar refractivity (Wildman–Crippen MR) is 95.0 cm³/mol. The molecule has 9 heteroatoms. The summed E-state index contributed by atoms with van der Waals surface area (Å²) in [5.74, 6) is 0.0741. The first kappa shape index (κ1) is 19.2. The largest absolute Gasteiger partial charge is 0.399 e. The van der Waals surface area contributed by atoms with Crippen LogP contribution in [0.15, 0.2) is 29.2 Å². The highest BCUT2D eigenvalue weighted by molar-refractivity contribution is 7.90. The molecule has 0 bridgehead atoms. The quantitative estimate of drug-likeness (QED) is 0.722. The summed E-state index contributed by atoms with van der Waals surface area (Å²) in [5, 5.41) is 0. The van der Waals surface area contributed by atoms with Crippen molar-refractivity contribution in [3.63, 3.8) is 0 Å². The summed E-state index contributed by atoms with van der Waals surface area (Å²) in [6.07, 6.45) is 2.82. The molecule has 1 heterocycles. The second-order valence-electron chi connectivity index (χ2n) is 6.34. The maximum atomic E-state index is 12.8. The topological polar surface area (TPSA) is 101 Å². The van der Waals surface area contributed by atoms with Crippen molar-refractivity contribution >= 4 is 25.5 Å². The van der Waals surface area contributed by atoms with Gasteiger partial charge >= 0.3 is 0 Å². The molecule has 1 atom stereocenters. The molecular formula is C15H25N3O4S2. The molecule has 1 saturated heterocycles. The number of likely N-dealkylation sites (N-methyl/N-ethyl adjacent to an activating group) is 1. The summed E-state index contributed by atoms with van der Waals surface area (Å²) in [4.78, 5) is 2.17. The Kier molecular flexibility index (Phi) is 5.90. The van der Waals surface area contributed by atoms with E-state index in [0.717, 1.165) is 12.8 Å². The van der Waals surface area contributed by atoms with Crippen LogP contribution in [0.2, 0.25) is 0 Å². The molecule has 24 heavy (non-hydrogen) atoms. The molecular weight excluding hydrogens is 350 g/mol. The SMILES string of the molecule is CN(CCS(C)(=O)=O)C1CCCN(S(=O)(=O)c2ccc(N)cc2)C1. The van der Waals surface area contributed by atoms with Crippen LogP contribution in [0.4, 0.5) is 5.69 Å². The first-order valence-corrected chi connectivity index (χ1v) is 11.3. The van der Waals surface area contributed by atoms with Crippen LogP contribution >= 0.6 is 0 Å². The zero-order valence-corrected chi connectivity index (χ0v) is 15.7. The minimum Gasteiger partial charge on any atom is -0.399 e. The highest BCUT2D eigenvalue weighted by Crippen LogP contribution is 2.23. The van der Waals surface area contributed by atoms with E-state index in [9.17, 15) is 16.8 Å². The standard InChI is InChI=1S/C15H25N3O4S2/c1-17(10-11-23(2,19)20)14-4-3-9-18(12-14)24(21,22)15-7-5-13(16)6-8-15/h5-8,14H,3-4,9-12,16H2,1-2H3. The molecule has 1 aromatic rings. The summed E-state index contributed by atoms with van der Waals surface area (Å²) in [6, 6.07) is 6.20. The van der Waals surface area contributed by atoms with Crippen LogP contribution in [-0.2, 0) is 19.9 Å². The Morgan fingerprint density at radius 1 is 1.21 bits per heavy atom. The normalized spacial score (nSPS) is 20.4. The van der Waals surface area contributed by atoms with E-state index >= 15 is 0 Å². The number of sulfone groups is 1. The number of sulfonamides is 1. The summed E-state index contributed by atoms with van der Waals surface area (Å²) in [7, 11) is -4.75. The van der Waals surface area contributed by atoms with Crippen molar-refractivity contribution in [2.45, 2.75) is 23.8 Å². The molecule has 2 rings (SSSR count). The maximum absolute atomic E-state index is 12.8. The number of benzene rings is 1. The second-order valence-corrected chi connectivity index (χ2v) is 10.5. The molecule has 1 aliphatic rings. The lowest BCUT2D eigenvalue weighted by Gasteiger charge is -2.36. The van der Waals surface area contributed by atoms with Crippen LogP contribution in [0.3, 0.4) is 0 Å². The Bertz CT molecular complexity index is 760. The molecule has 1 unspecified atom stereocenters. The molecule has 0 saturated carbocycles. The van der Waals surface area contributed by atoms with Gasteiger partial charge in [-0.3, -0.25) is 0 Å². The molecule has 7 nitrogen and oxygen atoms in total. The van der Waals surface area contributed by atoms with Gasteiger partial charge in [0.25, 0.3) is 0 Å². The van der Waals surface area contributed by atoms with Gasteiger partial charge in [-0.1, -0.05) is 0 Å². The molecule has 0 spiro atoms. The second kappa shape index (κ2) is 7.38. The predicted octanol–water partition coefficient (Wildman–Crippen LogP) is 0.398. The molecule has 0 aromatic heterocycles. The number of anilines is 1. The van der Waals surface area contributed by atoms with E-state index in [1.807, 2.05) is 11.9 Å². The third kappa shape index (κ3) is 4.92. The van der Waals surface area contributed by atoms with E-state index in [1.54, 1.807) is 12.1 Å². The Morgan fingerprint density at radius 3 is 2.42 bits per heavy atom. The van der Waals surface area contributed by atoms with Crippen LogP contribution < -0.4 is 5.73 Å². The number of hydrogen-bond donors (Lipinski definition) is 1. The molecule has 0 amide bonds. The highest BCUT2D eigenvalue weighted by atomic mass is 32.2. The van der Waals surface area contributed by atoms with E-state index in [4.69, 9.17) is 5.73 Å². The van der Waals surface area contributed by atoms with Crippen molar-refractivity contribution in [3.8, 4) is 0 Å². The Labute approximate surface area is 144 Å². The van der Waals surface area contributed by atoms with Crippen molar-refractivity contribution < 1.29 is 16.8 Å². The molecule has 1 aromatic carbocycles. The van der Waals surface area contributed by atoms with Crippen LogP contribution in [0.25, 0.3) is 0 Å². The number of piperidine rings is 1. The van der Waals surface area contributed by atoms with Gasteiger partial charge in [0, 0.05) is 37.6 Å². The van der Waals surface area contributed by atoms with E-state index in [-0.39, 0.29) is 16.7 Å². The van der Waals surface area contributed by atoms with Crippen LogP contribution in [0.1, 0.15) is 12.8 Å². The smallest absolute Gasteiger partial charge is 0.243 e. The maximum Gasteiger partial charge on any atom is 0.243 e. The van der Waals surface area contributed by atoms with Gasteiger partial charge in [-0.25, -0.2) is 16.8 Å². The monoisotopic (exact) mass is 375 g/mol. The lowest BCUT2D eigenvalue weighted by atomic mass is 10.1. The minimum atomic E-state index is -3.56. The van der Waals surface area contributed by atoms with Crippen molar-refractivity contribution in [2.24, 2.45) is 0 Å². The average Bonchev–Trinajstić information content (AvgIpc) is 2.52. The fraction of sp³-hybridized carbons (Fsp3) is 0.600. The van der Waals surface area contributed by atoms with Gasteiger partial charge in [0.05, 0.1) is 10.6 Å². The zero-order valence-electron chi connectivity index (χ0n) is 14.1. The van der Waals surface area contributed by atoms with E-state index < -0.39 is 19.9 Å². The fourth-order valence-corrected chi connectivity index (χ4v) is 4.92. The Hall–Kier alpha value is -1.16. The van der Waals surface area contributed by atoms with E-state index in [2.05, 4.69) is 0 Å². The third-order valence-electron chi connectivity index (χ3n) is 4.32. The Balaban J connectivity index is 2.08. The van der Waals surface area contributed by atoms with Crippen molar-refractivity contribution in [1.82, 2.24) is 9.21 Å². The Morgan fingerprint density at radius 2 is 1.83 bits per heavy atom. The lowest BCUT2D eigenvalue weighted by molar-refractivity contribution is 0.170. The molecule has 0 radical (unpaired) electrons. The van der Waals surface area contributed by atoms with Gasteiger partial charge in [-0.15, -0.1) is 0 Å². The molecule has 1 fully saturated rings. The third-order valence-corrected chi connectivity index (χ3v) is 7.12. The number of nitrogens with two attached hydrogens (primary N) is 1. The van der Waals surface area contributed by atoms with Gasteiger partial charge in [0.15, 0.2) is 0 Å². The summed E-state index contributed by atoms with van der Waals surface area (Å²) in [6.45, 7) is 1.25. The molecule has 0 aliphatic carbocycles. The zero-order chi connectivity index (χ0) is 18.0. The van der Waals surface area contributed by atoms with E-state index in [1.165, 1.54) is 22.7 Å².